The molecule has 7 rings (SSSR count). The van der Waals surface area contributed by atoms with Crippen molar-refractivity contribution < 1.29 is 4.79 Å². The van der Waals surface area contributed by atoms with Gasteiger partial charge in [-0.15, -0.1) is 0 Å². The van der Waals surface area contributed by atoms with Crippen LogP contribution in [0.2, 0.25) is 0 Å². The second kappa shape index (κ2) is 9.59. The molecule has 5 heteroatoms. The molecule has 0 aliphatic heterocycles. The molecule has 3 N–H and O–H groups in total. The lowest BCUT2D eigenvalue weighted by molar-refractivity contribution is 0.100. The molecule has 39 heavy (non-hydrogen) atoms. The van der Waals surface area contributed by atoms with E-state index in [9.17, 15) is 4.79 Å². The molecule has 1 saturated carbocycles. The van der Waals surface area contributed by atoms with Gasteiger partial charge in [0.15, 0.2) is 0 Å². The normalized spacial score (nSPS) is 14.3. The van der Waals surface area contributed by atoms with Crippen LogP contribution < -0.4 is 11.1 Å². The second-order valence-corrected chi connectivity index (χ2v) is 10.5. The Balaban J connectivity index is 1.44. The van der Waals surface area contributed by atoms with Gasteiger partial charge in [-0.3, -0.25) is 9.78 Å². The largest absolute Gasteiger partial charge is 0.382 e. The van der Waals surface area contributed by atoms with Crippen molar-refractivity contribution in [3.05, 3.63) is 103 Å². The summed E-state index contributed by atoms with van der Waals surface area (Å²) in [6.45, 7) is 0. The van der Waals surface area contributed by atoms with Crippen LogP contribution in [0.25, 0.3) is 49.5 Å². The summed E-state index contributed by atoms with van der Waals surface area (Å²) in [6.07, 6.45) is 7.89. The minimum Gasteiger partial charge on any atom is -0.382 e. The first-order valence-electron chi connectivity index (χ1n) is 13.8. The number of fused-ring (bicyclic) bond motifs is 4. The van der Waals surface area contributed by atoms with Gasteiger partial charge in [0.05, 0.1) is 22.1 Å². The number of nitrogens with two attached hydrogens (primary N) is 1. The van der Waals surface area contributed by atoms with Crippen LogP contribution in [-0.4, -0.2) is 21.5 Å². The molecule has 2 aromatic heterocycles. The maximum absolute atomic E-state index is 12.4. The number of primary amides is 1. The van der Waals surface area contributed by atoms with E-state index >= 15 is 0 Å². The average Bonchev–Trinajstić information content (AvgIpc) is 3.32. The fourth-order valence-corrected chi connectivity index (χ4v) is 6.23. The first-order valence-corrected chi connectivity index (χ1v) is 13.8. The number of aromatic nitrogens is 2. The standard InChI is InChI=1S/C34H30N4O/c35-34(39)27-18-17-25(20-30(27)37-24-10-2-1-3-11-24)38-31-15-7-5-12-28(31)33-26(13-8-16-32(33)38)23-19-22-9-4-6-14-29(22)36-21-23/h4-9,12-21,24,37H,1-3,10-11H2,(H2,35,39). The number of amides is 1. The summed E-state index contributed by atoms with van der Waals surface area (Å²) in [5, 5.41) is 7.15. The molecular weight excluding hydrogens is 480 g/mol. The summed E-state index contributed by atoms with van der Waals surface area (Å²) in [5.74, 6) is -0.409. The van der Waals surface area contributed by atoms with Crippen molar-refractivity contribution in [1.29, 1.82) is 0 Å². The molecule has 0 bridgehead atoms. The van der Waals surface area contributed by atoms with Crippen molar-refractivity contribution in [2.24, 2.45) is 5.73 Å². The minimum atomic E-state index is -0.409. The number of pyridine rings is 1. The van der Waals surface area contributed by atoms with Crippen molar-refractivity contribution in [3.63, 3.8) is 0 Å². The molecule has 0 radical (unpaired) electrons. The lowest BCUT2D eigenvalue weighted by Gasteiger charge is -2.25. The Morgan fingerprint density at radius 1 is 0.846 bits per heavy atom. The zero-order valence-electron chi connectivity index (χ0n) is 21.7. The van der Waals surface area contributed by atoms with Gasteiger partial charge in [-0.2, -0.15) is 0 Å². The highest BCUT2D eigenvalue weighted by molar-refractivity contribution is 6.16. The Bertz CT molecular complexity index is 1860. The van der Waals surface area contributed by atoms with Crippen molar-refractivity contribution in [3.8, 4) is 16.8 Å². The number of hydrogen-bond acceptors (Lipinski definition) is 3. The molecule has 5 nitrogen and oxygen atoms in total. The van der Waals surface area contributed by atoms with Crippen molar-refractivity contribution in [2.75, 3.05) is 5.32 Å². The van der Waals surface area contributed by atoms with Gasteiger partial charge in [-0.25, -0.2) is 0 Å². The van der Waals surface area contributed by atoms with Gasteiger partial charge >= 0.3 is 0 Å². The molecule has 1 fully saturated rings. The fraction of sp³-hybridized carbons (Fsp3) is 0.176. The number of hydrogen-bond donors (Lipinski definition) is 2. The van der Waals surface area contributed by atoms with Crippen LogP contribution in [0.5, 0.6) is 0 Å². The van der Waals surface area contributed by atoms with Crippen LogP contribution in [0.1, 0.15) is 42.5 Å². The number of benzene rings is 4. The number of nitrogens with one attached hydrogen (secondary N) is 1. The maximum Gasteiger partial charge on any atom is 0.250 e. The molecule has 192 valence electrons. The van der Waals surface area contributed by atoms with Crippen LogP contribution in [0, 0.1) is 0 Å². The quantitative estimate of drug-likeness (QED) is 0.248. The zero-order valence-corrected chi connectivity index (χ0v) is 21.7. The summed E-state index contributed by atoms with van der Waals surface area (Å²) < 4.78 is 2.29. The fourth-order valence-electron chi connectivity index (χ4n) is 6.23. The van der Waals surface area contributed by atoms with Crippen molar-refractivity contribution in [2.45, 2.75) is 38.1 Å². The summed E-state index contributed by atoms with van der Waals surface area (Å²) >= 11 is 0. The van der Waals surface area contributed by atoms with Gasteiger partial charge in [0.25, 0.3) is 5.91 Å². The third kappa shape index (κ3) is 4.11. The predicted molar refractivity (Wildman–Crippen MR) is 161 cm³/mol. The van der Waals surface area contributed by atoms with Gasteiger partial charge < -0.3 is 15.6 Å². The number of carbonyl (C=O) groups is 1. The van der Waals surface area contributed by atoms with E-state index in [1.807, 2.05) is 30.5 Å². The minimum absolute atomic E-state index is 0.359. The van der Waals surface area contributed by atoms with Gasteiger partial charge in [-0.1, -0.05) is 67.8 Å². The van der Waals surface area contributed by atoms with Gasteiger partial charge in [0, 0.05) is 45.3 Å². The average molecular weight is 511 g/mol. The Kier molecular flexibility index (Phi) is 5.77. The Hall–Kier alpha value is -4.64. The number of para-hydroxylation sites is 2. The van der Waals surface area contributed by atoms with Crippen LogP contribution in [-0.2, 0) is 0 Å². The number of nitrogens with zero attached hydrogens (tertiary/aromatic N) is 2. The summed E-state index contributed by atoms with van der Waals surface area (Å²) in [4.78, 5) is 17.1. The molecule has 1 aliphatic rings. The van der Waals surface area contributed by atoms with Crippen molar-refractivity contribution in [1.82, 2.24) is 9.55 Å². The van der Waals surface area contributed by atoms with Crippen LogP contribution in [0.4, 0.5) is 5.69 Å². The Labute approximate surface area is 227 Å². The third-order valence-corrected chi connectivity index (χ3v) is 8.09. The van der Waals surface area contributed by atoms with E-state index < -0.39 is 5.91 Å². The molecule has 1 aliphatic carbocycles. The zero-order chi connectivity index (χ0) is 26.3. The number of carbonyl (C=O) groups excluding carboxylic acids is 1. The van der Waals surface area contributed by atoms with E-state index in [0.717, 1.165) is 57.3 Å². The van der Waals surface area contributed by atoms with Gasteiger partial charge in [-0.05, 0) is 60.9 Å². The van der Waals surface area contributed by atoms with Crippen LogP contribution >= 0.6 is 0 Å². The molecule has 0 spiro atoms. The first kappa shape index (κ1) is 23.5. The number of anilines is 1. The Morgan fingerprint density at radius 3 is 2.51 bits per heavy atom. The van der Waals surface area contributed by atoms with E-state index in [1.54, 1.807) is 0 Å². The Morgan fingerprint density at radius 2 is 1.64 bits per heavy atom. The summed E-state index contributed by atoms with van der Waals surface area (Å²) in [5.41, 5.74) is 13.6. The summed E-state index contributed by atoms with van der Waals surface area (Å²) in [7, 11) is 0. The highest BCUT2D eigenvalue weighted by Crippen LogP contribution is 2.39. The molecule has 0 atom stereocenters. The lowest BCUT2D eigenvalue weighted by Crippen LogP contribution is -2.24. The molecule has 4 aromatic carbocycles. The van der Waals surface area contributed by atoms with Crippen LogP contribution in [0.3, 0.4) is 0 Å². The highest BCUT2D eigenvalue weighted by Gasteiger charge is 2.20. The topological polar surface area (TPSA) is 72.9 Å². The smallest absolute Gasteiger partial charge is 0.250 e. The summed E-state index contributed by atoms with van der Waals surface area (Å²) in [6, 6.07) is 31.7. The second-order valence-electron chi connectivity index (χ2n) is 10.5. The maximum atomic E-state index is 12.4. The number of rotatable bonds is 5. The van der Waals surface area contributed by atoms with Crippen molar-refractivity contribution >= 4 is 44.3 Å². The van der Waals surface area contributed by atoms with E-state index in [2.05, 4.69) is 76.6 Å². The molecular formula is C34H30N4O. The molecule has 6 aromatic rings. The first-order chi connectivity index (χ1) is 19.2. The molecule has 0 unspecified atom stereocenters. The van der Waals surface area contributed by atoms with E-state index in [4.69, 9.17) is 10.7 Å². The third-order valence-electron chi connectivity index (χ3n) is 8.09. The molecule has 2 heterocycles. The van der Waals surface area contributed by atoms with Crippen LogP contribution in [0.15, 0.2) is 97.2 Å². The highest BCUT2D eigenvalue weighted by atomic mass is 16.1. The predicted octanol–water partition coefficient (Wildman–Crippen LogP) is 7.84. The SMILES string of the molecule is NC(=O)c1ccc(-n2c3ccccc3c3c(-c4cnc5ccccc5c4)cccc32)cc1NC1CCCCC1. The molecule has 1 amide bonds. The van der Waals surface area contributed by atoms with Gasteiger partial charge in [0.1, 0.15) is 0 Å². The van der Waals surface area contributed by atoms with E-state index in [-0.39, 0.29) is 0 Å². The molecule has 0 saturated heterocycles. The van der Waals surface area contributed by atoms with E-state index in [1.165, 1.54) is 30.0 Å². The lowest BCUT2D eigenvalue weighted by atomic mass is 9.95. The monoisotopic (exact) mass is 510 g/mol. The van der Waals surface area contributed by atoms with Gasteiger partial charge in [0.2, 0.25) is 0 Å². The van der Waals surface area contributed by atoms with E-state index in [0.29, 0.717) is 11.6 Å².